The van der Waals surface area contributed by atoms with Crippen LogP contribution in [0.15, 0.2) is 0 Å². The normalized spacial score (nSPS) is 11.1. The van der Waals surface area contributed by atoms with Crippen LogP contribution in [-0.4, -0.2) is 19.4 Å². The Morgan fingerprint density at radius 3 is 0.844 bits per heavy atom. The van der Waals surface area contributed by atoms with Crippen LogP contribution < -0.4 is 0 Å². The summed E-state index contributed by atoms with van der Waals surface area (Å²) in [7, 11) is 0. The molecule has 0 aliphatic rings. The van der Waals surface area contributed by atoms with E-state index in [0.29, 0.717) is 13.2 Å². The van der Waals surface area contributed by atoms with Gasteiger partial charge in [0.1, 0.15) is 0 Å². The molecule has 0 aromatic rings. The van der Waals surface area contributed by atoms with Crippen LogP contribution in [0.4, 0.5) is 4.79 Å². The van der Waals surface area contributed by atoms with Gasteiger partial charge in [-0.15, -0.1) is 0 Å². The highest BCUT2D eigenvalue weighted by Crippen LogP contribution is 2.13. The van der Waals surface area contributed by atoms with Gasteiger partial charge in [0.05, 0.1) is 13.2 Å². The topological polar surface area (TPSA) is 35.5 Å². The van der Waals surface area contributed by atoms with E-state index in [1.165, 1.54) is 128 Å². The second kappa shape index (κ2) is 28.3. The SMILES string of the molecule is CCCCCCCCCCCCCCCCOC(=O)OCCCCCCCCCCCC. The van der Waals surface area contributed by atoms with Crippen molar-refractivity contribution >= 4 is 6.16 Å². The summed E-state index contributed by atoms with van der Waals surface area (Å²) in [6.45, 7) is 5.56. The van der Waals surface area contributed by atoms with Crippen LogP contribution in [0.3, 0.4) is 0 Å². The third-order valence-corrected chi connectivity index (χ3v) is 6.44. The molecule has 0 bridgehead atoms. The van der Waals surface area contributed by atoms with Crippen LogP contribution in [0.2, 0.25) is 0 Å². The molecule has 0 aliphatic heterocycles. The van der Waals surface area contributed by atoms with E-state index in [9.17, 15) is 4.79 Å². The first kappa shape index (κ1) is 31.3. The fraction of sp³-hybridized carbons (Fsp3) is 0.966. The van der Waals surface area contributed by atoms with E-state index in [-0.39, 0.29) is 0 Å². The molecule has 3 nitrogen and oxygen atoms in total. The molecule has 3 heteroatoms. The van der Waals surface area contributed by atoms with Gasteiger partial charge in [-0.1, -0.05) is 155 Å². The first-order valence-corrected chi connectivity index (χ1v) is 14.6. The lowest BCUT2D eigenvalue weighted by Gasteiger charge is -2.07. The largest absolute Gasteiger partial charge is 0.508 e. The summed E-state index contributed by atoms with van der Waals surface area (Å²) >= 11 is 0. The Labute approximate surface area is 201 Å². The summed E-state index contributed by atoms with van der Waals surface area (Å²) in [6, 6.07) is 0. The lowest BCUT2D eigenvalue weighted by molar-refractivity contribution is 0.0529. The van der Waals surface area contributed by atoms with Gasteiger partial charge in [0.15, 0.2) is 0 Å². The first-order chi connectivity index (χ1) is 15.8. The molecule has 0 saturated heterocycles. The van der Waals surface area contributed by atoms with E-state index >= 15 is 0 Å². The molecule has 0 aliphatic carbocycles. The van der Waals surface area contributed by atoms with E-state index < -0.39 is 6.16 Å². The van der Waals surface area contributed by atoms with Crippen molar-refractivity contribution in [1.82, 2.24) is 0 Å². The Morgan fingerprint density at radius 2 is 0.594 bits per heavy atom. The summed E-state index contributed by atoms with van der Waals surface area (Å²) in [4.78, 5) is 11.6. The van der Waals surface area contributed by atoms with Gasteiger partial charge in [-0.3, -0.25) is 0 Å². The molecule has 0 radical (unpaired) electrons. The zero-order valence-corrected chi connectivity index (χ0v) is 22.1. The summed E-state index contributed by atoms with van der Waals surface area (Å²) in [5, 5.41) is 0. The van der Waals surface area contributed by atoms with Crippen LogP contribution in [-0.2, 0) is 9.47 Å². The number of carbonyl (C=O) groups excluding carboxylic acids is 1. The summed E-state index contributed by atoms with van der Waals surface area (Å²) in [6.07, 6.45) is 31.2. The average Bonchev–Trinajstić information content (AvgIpc) is 2.80. The second-order valence-electron chi connectivity index (χ2n) is 9.73. The minimum atomic E-state index is -0.476. The Kier molecular flexibility index (Phi) is 27.7. The maximum absolute atomic E-state index is 11.6. The van der Waals surface area contributed by atoms with Crippen molar-refractivity contribution in [3.05, 3.63) is 0 Å². The van der Waals surface area contributed by atoms with E-state index in [1.807, 2.05) is 0 Å². The average molecular weight is 455 g/mol. The third-order valence-electron chi connectivity index (χ3n) is 6.44. The molecule has 0 aromatic carbocycles. The molecule has 0 rings (SSSR count). The van der Waals surface area contributed by atoms with Crippen molar-refractivity contribution in [1.29, 1.82) is 0 Å². The van der Waals surface area contributed by atoms with E-state index in [1.54, 1.807) is 0 Å². The quantitative estimate of drug-likeness (QED) is 0.0962. The van der Waals surface area contributed by atoms with Crippen molar-refractivity contribution in [2.75, 3.05) is 13.2 Å². The van der Waals surface area contributed by atoms with E-state index in [0.717, 1.165) is 25.7 Å². The maximum atomic E-state index is 11.6. The van der Waals surface area contributed by atoms with Crippen molar-refractivity contribution in [2.45, 2.75) is 168 Å². The molecule has 192 valence electrons. The molecule has 0 unspecified atom stereocenters. The maximum Gasteiger partial charge on any atom is 0.508 e. The van der Waals surface area contributed by atoms with Gasteiger partial charge in [0.2, 0.25) is 0 Å². The van der Waals surface area contributed by atoms with Crippen LogP contribution in [0, 0.1) is 0 Å². The van der Waals surface area contributed by atoms with Crippen molar-refractivity contribution < 1.29 is 14.3 Å². The van der Waals surface area contributed by atoms with Gasteiger partial charge in [-0.25, -0.2) is 4.79 Å². The molecular formula is C29H58O3. The van der Waals surface area contributed by atoms with Gasteiger partial charge in [-0.05, 0) is 12.8 Å². The molecule has 0 heterocycles. The van der Waals surface area contributed by atoms with Gasteiger partial charge in [0.25, 0.3) is 0 Å². The zero-order chi connectivity index (χ0) is 23.4. The zero-order valence-electron chi connectivity index (χ0n) is 22.1. The molecular weight excluding hydrogens is 396 g/mol. The van der Waals surface area contributed by atoms with Gasteiger partial charge >= 0.3 is 6.16 Å². The van der Waals surface area contributed by atoms with Crippen molar-refractivity contribution in [3.8, 4) is 0 Å². The number of carbonyl (C=O) groups is 1. The number of unbranched alkanes of at least 4 members (excludes halogenated alkanes) is 22. The predicted molar refractivity (Wildman–Crippen MR) is 139 cm³/mol. The Hall–Kier alpha value is -0.730. The summed E-state index contributed by atoms with van der Waals surface area (Å²) in [5.74, 6) is 0. The molecule has 0 atom stereocenters. The molecule has 0 N–H and O–H groups in total. The number of ether oxygens (including phenoxy) is 2. The van der Waals surface area contributed by atoms with Crippen LogP contribution in [0.25, 0.3) is 0 Å². The standard InChI is InChI=1S/C29H58O3/c1-3-5-7-9-11-13-15-16-17-18-20-22-24-26-28-32-29(30)31-27-25-23-21-19-14-12-10-8-6-4-2/h3-28H2,1-2H3. The first-order valence-electron chi connectivity index (χ1n) is 14.6. The number of hydrogen-bond acceptors (Lipinski definition) is 3. The highest BCUT2D eigenvalue weighted by molar-refractivity contribution is 5.59. The minimum Gasteiger partial charge on any atom is -0.434 e. The number of hydrogen-bond donors (Lipinski definition) is 0. The van der Waals surface area contributed by atoms with E-state index in [4.69, 9.17) is 9.47 Å². The molecule has 0 fully saturated rings. The summed E-state index contributed by atoms with van der Waals surface area (Å²) < 4.78 is 10.4. The Morgan fingerprint density at radius 1 is 0.375 bits per heavy atom. The Bertz CT molecular complexity index is 356. The smallest absolute Gasteiger partial charge is 0.434 e. The molecule has 0 amide bonds. The van der Waals surface area contributed by atoms with E-state index in [2.05, 4.69) is 13.8 Å². The van der Waals surface area contributed by atoms with Crippen molar-refractivity contribution in [2.24, 2.45) is 0 Å². The predicted octanol–water partition coefficient (Wildman–Crippen LogP) is 10.5. The summed E-state index contributed by atoms with van der Waals surface area (Å²) in [5.41, 5.74) is 0. The molecule has 0 saturated carbocycles. The van der Waals surface area contributed by atoms with Crippen LogP contribution in [0.5, 0.6) is 0 Å². The Balaban J connectivity index is 3.13. The lowest BCUT2D eigenvalue weighted by Crippen LogP contribution is -2.09. The van der Waals surface area contributed by atoms with Crippen LogP contribution >= 0.6 is 0 Å². The van der Waals surface area contributed by atoms with Crippen molar-refractivity contribution in [3.63, 3.8) is 0 Å². The minimum absolute atomic E-state index is 0.476. The third kappa shape index (κ3) is 27.3. The van der Waals surface area contributed by atoms with Gasteiger partial charge in [-0.2, -0.15) is 0 Å². The fourth-order valence-corrected chi connectivity index (χ4v) is 4.24. The monoisotopic (exact) mass is 454 g/mol. The lowest BCUT2D eigenvalue weighted by atomic mass is 10.0. The van der Waals surface area contributed by atoms with Gasteiger partial charge in [0, 0.05) is 0 Å². The molecule has 32 heavy (non-hydrogen) atoms. The highest BCUT2D eigenvalue weighted by atomic mass is 16.7. The van der Waals surface area contributed by atoms with Crippen LogP contribution in [0.1, 0.15) is 168 Å². The second-order valence-corrected chi connectivity index (χ2v) is 9.73. The highest BCUT2D eigenvalue weighted by Gasteiger charge is 2.03. The fourth-order valence-electron chi connectivity index (χ4n) is 4.24. The molecule has 0 aromatic heterocycles. The molecule has 0 spiro atoms. The van der Waals surface area contributed by atoms with Gasteiger partial charge < -0.3 is 9.47 Å². The number of rotatable bonds is 26.